The first kappa shape index (κ1) is 13.2. The minimum absolute atomic E-state index is 0.0781. The van der Waals surface area contributed by atoms with Gasteiger partial charge >= 0.3 is 0 Å². The third-order valence-electron chi connectivity index (χ3n) is 3.44. The molecule has 1 aliphatic heterocycles. The zero-order valence-electron chi connectivity index (χ0n) is 11.0. The lowest BCUT2D eigenvalue weighted by atomic mass is 10.2. The van der Waals surface area contributed by atoms with Gasteiger partial charge in [-0.3, -0.25) is 0 Å². The highest BCUT2D eigenvalue weighted by atomic mass is 32.2. The molecular weight excluding hydrogens is 252 g/mol. The van der Waals surface area contributed by atoms with Gasteiger partial charge in [0, 0.05) is 14.1 Å². The molecule has 0 aliphatic carbocycles. The van der Waals surface area contributed by atoms with Gasteiger partial charge in [-0.1, -0.05) is 6.92 Å². The molecule has 1 heterocycles. The molecule has 0 bridgehead atoms. The maximum Gasteiger partial charge on any atom is 0.207 e. The molecule has 0 fully saturated rings. The lowest BCUT2D eigenvalue weighted by Crippen LogP contribution is -2.38. The fraction of sp³-hybridized carbons (Fsp3) is 0.500. The standard InChI is InChI=1S/C12H18N2O3S/c1-5-18(16,17)11-7-10-9(6-8(11)2)13(3)12(15)14(10)4/h6-7,12,15H,5H2,1-4H3. The predicted molar refractivity (Wildman–Crippen MR) is 71.7 cm³/mol. The Morgan fingerprint density at radius 1 is 1.22 bits per heavy atom. The van der Waals surface area contributed by atoms with E-state index in [2.05, 4.69) is 0 Å². The molecule has 0 aromatic heterocycles. The van der Waals surface area contributed by atoms with Gasteiger partial charge in [0.15, 0.2) is 9.84 Å². The average Bonchev–Trinajstić information content (AvgIpc) is 2.53. The van der Waals surface area contributed by atoms with Crippen LogP contribution in [0.2, 0.25) is 0 Å². The molecule has 18 heavy (non-hydrogen) atoms. The van der Waals surface area contributed by atoms with E-state index in [9.17, 15) is 13.5 Å². The molecule has 1 N–H and O–H groups in total. The summed E-state index contributed by atoms with van der Waals surface area (Å²) in [5, 5.41) is 9.93. The van der Waals surface area contributed by atoms with E-state index >= 15 is 0 Å². The van der Waals surface area contributed by atoms with E-state index in [0.29, 0.717) is 10.5 Å². The number of aliphatic hydroxyl groups is 1. The highest BCUT2D eigenvalue weighted by Gasteiger charge is 2.31. The molecule has 0 saturated carbocycles. The number of hydrogen-bond acceptors (Lipinski definition) is 5. The van der Waals surface area contributed by atoms with Crippen LogP contribution in [0.1, 0.15) is 12.5 Å². The van der Waals surface area contributed by atoms with Gasteiger partial charge in [-0.2, -0.15) is 0 Å². The maximum atomic E-state index is 12.0. The van der Waals surface area contributed by atoms with Crippen LogP contribution < -0.4 is 9.80 Å². The highest BCUT2D eigenvalue weighted by Crippen LogP contribution is 2.39. The summed E-state index contributed by atoms with van der Waals surface area (Å²) in [7, 11) is 0.283. The molecule has 0 amide bonds. The summed E-state index contributed by atoms with van der Waals surface area (Å²) in [6.07, 6.45) is -0.751. The Hall–Kier alpha value is -1.27. The molecule has 0 saturated heterocycles. The Morgan fingerprint density at radius 2 is 1.72 bits per heavy atom. The summed E-state index contributed by atoms with van der Waals surface area (Å²) in [4.78, 5) is 3.71. The van der Waals surface area contributed by atoms with E-state index in [-0.39, 0.29) is 5.75 Å². The largest absolute Gasteiger partial charge is 0.356 e. The monoisotopic (exact) mass is 270 g/mol. The Bertz CT molecular complexity index is 583. The molecule has 6 heteroatoms. The van der Waals surface area contributed by atoms with Crippen LogP contribution >= 0.6 is 0 Å². The van der Waals surface area contributed by atoms with Crippen molar-refractivity contribution >= 4 is 21.2 Å². The van der Waals surface area contributed by atoms with E-state index in [0.717, 1.165) is 11.4 Å². The molecule has 1 aromatic rings. The van der Waals surface area contributed by atoms with Crippen molar-refractivity contribution in [3.63, 3.8) is 0 Å². The smallest absolute Gasteiger partial charge is 0.207 e. The quantitative estimate of drug-likeness (QED) is 0.867. The van der Waals surface area contributed by atoms with E-state index in [1.54, 1.807) is 43.8 Å². The predicted octanol–water partition coefficient (Wildman–Crippen LogP) is 0.951. The molecule has 0 spiro atoms. The van der Waals surface area contributed by atoms with Crippen molar-refractivity contribution in [3.05, 3.63) is 17.7 Å². The number of nitrogens with zero attached hydrogens (tertiary/aromatic N) is 2. The summed E-state index contributed by atoms with van der Waals surface area (Å²) in [5.74, 6) is 0.0781. The van der Waals surface area contributed by atoms with E-state index in [1.165, 1.54) is 0 Å². The second-order valence-electron chi connectivity index (χ2n) is 4.58. The minimum atomic E-state index is -3.24. The molecule has 1 unspecified atom stereocenters. The van der Waals surface area contributed by atoms with Crippen LogP contribution in [0.4, 0.5) is 11.4 Å². The van der Waals surface area contributed by atoms with Gasteiger partial charge in [0.2, 0.25) is 6.35 Å². The Kier molecular flexibility index (Phi) is 3.03. The summed E-state index contributed by atoms with van der Waals surface area (Å²) in [6.45, 7) is 3.41. The van der Waals surface area contributed by atoms with Crippen molar-refractivity contribution in [3.8, 4) is 0 Å². The number of anilines is 2. The summed E-state index contributed by atoms with van der Waals surface area (Å²) < 4.78 is 24.0. The fourth-order valence-electron chi connectivity index (χ4n) is 2.23. The van der Waals surface area contributed by atoms with E-state index in [4.69, 9.17) is 0 Å². The van der Waals surface area contributed by atoms with Gasteiger partial charge in [0.25, 0.3) is 0 Å². The first-order chi connectivity index (χ1) is 8.29. The zero-order valence-corrected chi connectivity index (χ0v) is 11.8. The molecule has 0 radical (unpaired) electrons. The van der Waals surface area contributed by atoms with Crippen LogP contribution in [-0.4, -0.2) is 39.7 Å². The summed E-state index contributed by atoms with van der Waals surface area (Å²) in [5.41, 5.74) is 2.30. The van der Waals surface area contributed by atoms with Crippen molar-refractivity contribution in [1.82, 2.24) is 0 Å². The van der Waals surface area contributed by atoms with Crippen molar-refractivity contribution < 1.29 is 13.5 Å². The third kappa shape index (κ3) is 1.76. The van der Waals surface area contributed by atoms with Gasteiger partial charge in [-0.05, 0) is 24.6 Å². The van der Waals surface area contributed by atoms with Crippen LogP contribution in [0.25, 0.3) is 0 Å². The molecule has 2 rings (SSSR count). The third-order valence-corrected chi connectivity index (χ3v) is 5.31. The van der Waals surface area contributed by atoms with E-state index in [1.807, 2.05) is 6.07 Å². The maximum absolute atomic E-state index is 12.0. The van der Waals surface area contributed by atoms with E-state index < -0.39 is 16.2 Å². The zero-order chi connectivity index (χ0) is 13.7. The fourth-order valence-corrected chi connectivity index (χ4v) is 3.38. The number of sulfone groups is 1. The van der Waals surface area contributed by atoms with Gasteiger partial charge in [0.05, 0.1) is 22.0 Å². The molecule has 1 atom stereocenters. The second kappa shape index (κ2) is 4.13. The second-order valence-corrected chi connectivity index (χ2v) is 6.82. The van der Waals surface area contributed by atoms with Crippen molar-refractivity contribution in [1.29, 1.82) is 0 Å². The summed E-state index contributed by atoms with van der Waals surface area (Å²) >= 11 is 0. The van der Waals surface area contributed by atoms with Crippen LogP contribution in [0.3, 0.4) is 0 Å². The molecule has 5 nitrogen and oxygen atoms in total. The van der Waals surface area contributed by atoms with Crippen molar-refractivity contribution in [2.75, 3.05) is 29.6 Å². The highest BCUT2D eigenvalue weighted by molar-refractivity contribution is 7.91. The summed E-state index contributed by atoms with van der Waals surface area (Å²) in [6, 6.07) is 3.46. The number of rotatable bonds is 2. The molecule has 1 aliphatic rings. The lowest BCUT2D eigenvalue weighted by molar-refractivity contribution is 0.183. The molecule has 1 aromatic carbocycles. The Balaban J connectivity index is 2.65. The normalized spacial score (nSPS) is 19.3. The number of aryl methyl sites for hydroxylation is 1. The number of fused-ring (bicyclic) bond motifs is 1. The minimum Gasteiger partial charge on any atom is -0.356 e. The number of hydrogen-bond donors (Lipinski definition) is 1. The van der Waals surface area contributed by atoms with Gasteiger partial charge in [0.1, 0.15) is 0 Å². The molecular formula is C12H18N2O3S. The lowest BCUT2D eigenvalue weighted by Gasteiger charge is -2.21. The SMILES string of the molecule is CCS(=O)(=O)c1cc2c(cc1C)N(C)C(O)N2C. The van der Waals surface area contributed by atoms with Gasteiger partial charge in [-0.15, -0.1) is 0 Å². The van der Waals surface area contributed by atoms with Crippen LogP contribution in [0.15, 0.2) is 17.0 Å². The molecule has 100 valence electrons. The van der Waals surface area contributed by atoms with Crippen molar-refractivity contribution in [2.45, 2.75) is 25.1 Å². The topological polar surface area (TPSA) is 60.9 Å². The van der Waals surface area contributed by atoms with Crippen LogP contribution in [-0.2, 0) is 9.84 Å². The van der Waals surface area contributed by atoms with Gasteiger partial charge in [-0.25, -0.2) is 8.42 Å². The number of aliphatic hydroxyl groups excluding tert-OH is 1. The van der Waals surface area contributed by atoms with Crippen LogP contribution in [0.5, 0.6) is 0 Å². The van der Waals surface area contributed by atoms with Gasteiger partial charge < -0.3 is 14.9 Å². The van der Waals surface area contributed by atoms with Crippen LogP contribution in [0, 0.1) is 6.92 Å². The number of benzene rings is 1. The Labute approximate surface area is 108 Å². The average molecular weight is 270 g/mol. The first-order valence-corrected chi connectivity index (χ1v) is 7.46. The first-order valence-electron chi connectivity index (χ1n) is 5.80. The Morgan fingerprint density at radius 3 is 2.22 bits per heavy atom. The van der Waals surface area contributed by atoms with Crippen molar-refractivity contribution in [2.24, 2.45) is 0 Å².